The van der Waals surface area contributed by atoms with Crippen molar-refractivity contribution in [3.8, 4) is 0 Å². The van der Waals surface area contributed by atoms with E-state index in [1.54, 1.807) is 0 Å². The van der Waals surface area contributed by atoms with Gasteiger partial charge in [-0.3, -0.25) is 4.79 Å². The number of nitrogens with zero attached hydrogens (tertiary/aromatic N) is 1. The van der Waals surface area contributed by atoms with Gasteiger partial charge in [-0.15, -0.1) is 0 Å². The molecule has 0 bridgehead atoms. The first-order valence-electron chi connectivity index (χ1n) is 6.31. The molecule has 3 nitrogen and oxygen atoms in total. The topological polar surface area (TPSA) is 40.5 Å². The van der Waals surface area contributed by atoms with Crippen LogP contribution in [0.1, 0.15) is 35.2 Å². The first kappa shape index (κ1) is 13.6. The fraction of sp³-hybridized carbons (Fsp3) is 0.500. The largest absolute Gasteiger partial charge is 0.394 e. The van der Waals surface area contributed by atoms with Crippen LogP contribution in [0.25, 0.3) is 0 Å². The van der Waals surface area contributed by atoms with E-state index in [0.29, 0.717) is 5.56 Å². The first-order chi connectivity index (χ1) is 8.63. The molecule has 1 unspecified atom stereocenters. The van der Waals surface area contributed by atoms with Gasteiger partial charge < -0.3 is 10.0 Å². The molecule has 0 aliphatic carbocycles. The number of aliphatic hydroxyl groups is 1. The summed E-state index contributed by atoms with van der Waals surface area (Å²) in [4.78, 5) is 14.2. The van der Waals surface area contributed by atoms with Crippen molar-refractivity contribution in [1.29, 1.82) is 0 Å². The lowest BCUT2D eigenvalue weighted by Crippen LogP contribution is -2.45. The van der Waals surface area contributed by atoms with Crippen LogP contribution in [0.3, 0.4) is 0 Å². The predicted octanol–water partition coefficient (Wildman–Crippen LogP) is 2.74. The molecule has 1 N–H and O–H groups in total. The summed E-state index contributed by atoms with van der Waals surface area (Å²) in [6.07, 6.45) is 3.02. The van der Waals surface area contributed by atoms with Crippen molar-refractivity contribution in [3.63, 3.8) is 0 Å². The van der Waals surface area contributed by atoms with Gasteiger partial charge in [0.2, 0.25) is 0 Å². The van der Waals surface area contributed by atoms with E-state index in [-0.39, 0.29) is 18.6 Å². The number of aryl methyl sites for hydroxylation is 1. The van der Waals surface area contributed by atoms with Crippen LogP contribution in [0.4, 0.5) is 0 Å². The number of likely N-dealkylation sites (tertiary alicyclic amines) is 1. The highest BCUT2D eigenvalue weighted by Crippen LogP contribution is 2.22. The lowest BCUT2D eigenvalue weighted by atomic mass is 10.0. The Bertz CT molecular complexity index is 447. The molecule has 2 rings (SSSR count). The third-order valence-corrected chi connectivity index (χ3v) is 4.39. The summed E-state index contributed by atoms with van der Waals surface area (Å²) in [5, 5.41) is 9.35. The van der Waals surface area contributed by atoms with Gasteiger partial charge in [0.05, 0.1) is 12.6 Å². The molecule has 1 aromatic rings. The molecule has 0 radical (unpaired) electrons. The van der Waals surface area contributed by atoms with E-state index in [9.17, 15) is 9.90 Å². The molecule has 1 aromatic carbocycles. The van der Waals surface area contributed by atoms with Gasteiger partial charge in [-0.05, 0) is 49.9 Å². The van der Waals surface area contributed by atoms with Crippen LogP contribution in [-0.2, 0) is 0 Å². The maximum absolute atomic E-state index is 12.4. The molecule has 1 heterocycles. The molecule has 1 atom stereocenters. The van der Waals surface area contributed by atoms with E-state index in [1.165, 1.54) is 0 Å². The normalized spacial score (nSPS) is 19.9. The minimum Gasteiger partial charge on any atom is -0.394 e. The molecule has 18 heavy (non-hydrogen) atoms. The number of hydrogen-bond donors (Lipinski definition) is 1. The highest BCUT2D eigenvalue weighted by molar-refractivity contribution is 9.10. The summed E-state index contributed by atoms with van der Waals surface area (Å²) in [5.74, 6) is 0.0318. The van der Waals surface area contributed by atoms with Crippen LogP contribution < -0.4 is 0 Å². The summed E-state index contributed by atoms with van der Waals surface area (Å²) in [6.45, 7) is 2.78. The van der Waals surface area contributed by atoms with E-state index in [1.807, 2.05) is 30.0 Å². The van der Waals surface area contributed by atoms with Gasteiger partial charge in [-0.25, -0.2) is 0 Å². The van der Waals surface area contributed by atoms with Crippen LogP contribution >= 0.6 is 15.9 Å². The van der Waals surface area contributed by atoms with Crippen molar-refractivity contribution < 1.29 is 9.90 Å². The van der Waals surface area contributed by atoms with E-state index in [0.717, 1.165) is 35.8 Å². The van der Waals surface area contributed by atoms with E-state index >= 15 is 0 Å². The van der Waals surface area contributed by atoms with E-state index < -0.39 is 0 Å². The summed E-state index contributed by atoms with van der Waals surface area (Å²) < 4.78 is 1.01. The molecule has 1 amide bonds. The molecule has 4 heteroatoms. The smallest absolute Gasteiger partial charge is 0.254 e. The summed E-state index contributed by atoms with van der Waals surface area (Å²) in [6, 6.07) is 5.62. The zero-order valence-corrected chi connectivity index (χ0v) is 12.1. The monoisotopic (exact) mass is 311 g/mol. The van der Waals surface area contributed by atoms with Crippen molar-refractivity contribution >= 4 is 21.8 Å². The highest BCUT2D eigenvalue weighted by atomic mass is 79.9. The highest BCUT2D eigenvalue weighted by Gasteiger charge is 2.26. The Balaban J connectivity index is 2.21. The van der Waals surface area contributed by atoms with Crippen molar-refractivity contribution in [1.82, 2.24) is 4.90 Å². The molecule has 0 aromatic heterocycles. The summed E-state index contributed by atoms with van der Waals surface area (Å²) in [7, 11) is 0. The Hall–Kier alpha value is -0.870. The number of amides is 1. The van der Waals surface area contributed by atoms with Crippen LogP contribution in [0.15, 0.2) is 22.7 Å². The SMILES string of the molecule is Cc1cc(C(=O)N2CCCCC2CO)ccc1Br. The second kappa shape index (κ2) is 5.85. The van der Waals surface area contributed by atoms with Gasteiger partial charge in [-0.2, -0.15) is 0 Å². The fourth-order valence-electron chi connectivity index (χ4n) is 2.40. The van der Waals surface area contributed by atoms with Gasteiger partial charge in [0, 0.05) is 16.6 Å². The lowest BCUT2D eigenvalue weighted by molar-refractivity contribution is 0.0503. The second-order valence-corrected chi connectivity index (χ2v) is 5.65. The number of carbonyl (C=O) groups excluding carboxylic acids is 1. The average Bonchev–Trinajstić information content (AvgIpc) is 2.41. The maximum atomic E-state index is 12.4. The van der Waals surface area contributed by atoms with Crippen LogP contribution in [0, 0.1) is 6.92 Å². The van der Waals surface area contributed by atoms with Crippen molar-refractivity contribution in [2.75, 3.05) is 13.2 Å². The standard InChI is InChI=1S/C14H18BrNO2/c1-10-8-11(5-6-13(10)15)14(18)16-7-3-2-4-12(16)9-17/h5-6,8,12,17H,2-4,7,9H2,1H3. The quantitative estimate of drug-likeness (QED) is 0.912. The molecular formula is C14H18BrNO2. The molecule has 1 aliphatic rings. The average molecular weight is 312 g/mol. The Morgan fingerprint density at radius 2 is 2.28 bits per heavy atom. The third-order valence-electron chi connectivity index (χ3n) is 3.50. The Kier molecular flexibility index (Phi) is 4.40. The van der Waals surface area contributed by atoms with Gasteiger partial charge in [0.25, 0.3) is 5.91 Å². The second-order valence-electron chi connectivity index (χ2n) is 4.79. The minimum atomic E-state index is -0.0183. The zero-order chi connectivity index (χ0) is 13.1. The van der Waals surface area contributed by atoms with Crippen LogP contribution in [-0.4, -0.2) is 35.1 Å². The number of piperidine rings is 1. The lowest BCUT2D eigenvalue weighted by Gasteiger charge is -2.34. The van der Waals surface area contributed by atoms with E-state index in [4.69, 9.17) is 0 Å². The summed E-state index contributed by atoms with van der Waals surface area (Å²) >= 11 is 3.44. The van der Waals surface area contributed by atoms with Gasteiger partial charge in [-0.1, -0.05) is 15.9 Å². The van der Waals surface area contributed by atoms with Crippen molar-refractivity contribution in [2.24, 2.45) is 0 Å². The third kappa shape index (κ3) is 2.75. The number of halogens is 1. The number of rotatable bonds is 2. The summed E-state index contributed by atoms with van der Waals surface area (Å²) in [5.41, 5.74) is 1.76. The predicted molar refractivity (Wildman–Crippen MR) is 74.6 cm³/mol. The molecule has 98 valence electrons. The maximum Gasteiger partial charge on any atom is 0.254 e. The molecule has 0 saturated carbocycles. The number of aliphatic hydroxyl groups excluding tert-OH is 1. The number of benzene rings is 1. The van der Waals surface area contributed by atoms with Crippen LogP contribution in [0.2, 0.25) is 0 Å². The Morgan fingerprint density at radius 1 is 1.50 bits per heavy atom. The van der Waals surface area contributed by atoms with Crippen molar-refractivity contribution in [2.45, 2.75) is 32.2 Å². The van der Waals surface area contributed by atoms with Gasteiger partial charge >= 0.3 is 0 Å². The molecule has 1 fully saturated rings. The minimum absolute atomic E-state index is 0.0183. The molecule has 0 spiro atoms. The fourth-order valence-corrected chi connectivity index (χ4v) is 2.65. The molecule has 1 aliphatic heterocycles. The molecule has 1 saturated heterocycles. The van der Waals surface area contributed by atoms with Crippen LogP contribution in [0.5, 0.6) is 0 Å². The zero-order valence-electron chi connectivity index (χ0n) is 10.5. The van der Waals surface area contributed by atoms with Gasteiger partial charge in [0.15, 0.2) is 0 Å². The van der Waals surface area contributed by atoms with Crippen molar-refractivity contribution in [3.05, 3.63) is 33.8 Å². The first-order valence-corrected chi connectivity index (χ1v) is 7.10. The Morgan fingerprint density at radius 3 is 2.94 bits per heavy atom. The number of carbonyl (C=O) groups is 1. The number of hydrogen-bond acceptors (Lipinski definition) is 2. The molecular weight excluding hydrogens is 294 g/mol. The van der Waals surface area contributed by atoms with Gasteiger partial charge in [0.1, 0.15) is 0 Å². The van der Waals surface area contributed by atoms with E-state index in [2.05, 4.69) is 15.9 Å². The Labute approximate surface area is 116 Å².